The molecule has 2 aromatic rings. The van der Waals surface area contributed by atoms with E-state index in [1.165, 1.54) is 4.90 Å². The zero-order valence-electron chi connectivity index (χ0n) is 15.6. The van der Waals surface area contributed by atoms with Gasteiger partial charge in [0.05, 0.1) is 19.1 Å². The van der Waals surface area contributed by atoms with E-state index in [4.69, 9.17) is 33.3 Å². The number of carbonyl (C=O) groups excluding carboxylic acids is 2. The maximum atomic E-state index is 12.7. The number of halogens is 1. The van der Waals surface area contributed by atoms with Crippen LogP contribution in [0.15, 0.2) is 47.4 Å². The van der Waals surface area contributed by atoms with Gasteiger partial charge in [-0.3, -0.25) is 14.5 Å². The van der Waals surface area contributed by atoms with Crippen LogP contribution in [0.25, 0.3) is 6.08 Å². The van der Waals surface area contributed by atoms with Crippen LogP contribution in [-0.4, -0.2) is 41.8 Å². The fourth-order valence-electron chi connectivity index (χ4n) is 2.61. The predicted octanol–water partition coefficient (Wildman–Crippen LogP) is 4.20. The molecule has 0 aliphatic carbocycles. The van der Waals surface area contributed by atoms with E-state index in [0.717, 1.165) is 17.3 Å². The summed E-state index contributed by atoms with van der Waals surface area (Å²) in [5, 5.41) is 3.29. The summed E-state index contributed by atoms with van der Waals surface area (Å²) >= 11 is 12.3. The van der Waals surface area contributed by atoms with E-state index in [0.29, 0.717) is 31.4 Å². The van der Waals surface area contributed by atoms with Gasteiger partial charge < -0.3 is 14.8 Å². The summed E-state index contributed by atoms with van der Waals surface area (Å²) in [4.78, 5) is 26.7. The highest BCUT2D eigenvalue weighted by Gasteiger charge is 2.33. The molecule has 0 atom stereocenters. The summed E-state index contributed by atoms with van der Waals surface area (Å²) in [6.45, 7) is -0.170. The minimum absolute atomic E-state index is 0.170. The number of anilines is 1. The van der Waals surface area contributed by atoms with Gasteiger partial charge in [-0.05, 0) is 48.0 Å². The Bertz CT molecular complexity index is 992. The second kappa shape index (κ2) is 9.30. The topological polar surface area (TPSA) is 67.9 Å². The van der Waals surface area contributed by atoms with Gasteiger partial charge >= 0.3 is 0 Å². The molecule has 1 N–H and O–H groups in total. The SMILES string of the molecule is COc1ccc(C=C2SC(=S)N(CC(=O)Nc3ccc(Cl)cc3)C2=O)cc1OC. The molecule has 0 unspecified atom stereocenters. The first-order valence-corrected chi connectivity index (χ1v) is 10.0. The second-order valence-corrected chi connectivity index (χ2v) is 8.05. The van der Waals surface area contributed by atoms with Crippen LogP contribution in [0.2, 0.25) is 5.02 Å². The minimum atomic E-state index is -0.351. The number of thioether (sulfide) groups is 1. The fourth-order valence-corrected chi connectivity index (χ4v) is 3.99. The second-order valence-electron chi connectivity index (χ2n) is 5.94. The molecular formula is C20H17ClN2O4S2. The average Bonchev–Trinajstić information content (AvgIpc) is 2.97. The van der Waals surface area contributed by atoms with Crippen molar-refractivity contribution >= 4 is 63.5 Å². The molecule has 1 aliphatic heterocycles. The van der Waals surface area contributed by atoms with E-state index in [1.54, 1.807) is 62.8 Å². The van der Waals surface area contributed by atoms with Crippen LogP contribution < -0.4 is 14.8 Å². The number of ether oxygens (including phenoxy) is 2. The fraction of sp³-hybridized carbons (Fsp3) is 0.150. The van der Waals surface area contributed by atoms with Gasteiger partial charge in [0.1, 0.15) is 10.9 Å². The maximum absolute atomic E-state index is 12.7. The van der Waals surface area contributed by atoms with Gasteiger partial charge in [0.2, 0.25) is 5.91 Å². The van der Waals surface area contributed by atoms with Crippen molar-refractivity contribution < 1.29 is 19.1 Å². The largest absolute Gasteiger partial charge is 0.493 e. The number of hydrogen-bond donors (Lipinski definition) is 1. The third kappa shape index (κ3) is 5.09. The number of amides is 2. The third-order valence-corrected chi connectivity index (χ3v) is 5.64. The lowest BCUT2D eigenvalue weighted by Gasteiger charge is -2.14. The van der Waals surface area contributed by atoms with Gasteiger partial charge in [-0.2, -0.15) is 0 Å². The lowest BCUT2D eigenvalue weighted by atomic mass is 10.2. The minimum Gasteiger partial charge on any atom is -0.493 e. The van der Waals surface area contributed by atoms with E-state index >= 15 is 0 Å². The van der Waals surface area contributed by atoms with Crippen molar-refractivity contribution in [3.8, 4) is 11.5 Å². The van der Waals surface area contributed by atoms with Crippen molar-refractivity contribution in [1.82, 2.24) is 4.90 Å². The summed E-state index contributed by atoms with van der Waals surface area (Å²) in [6, 6.07) is 12.0. The van der Waals surface area contributed by atoms with Gasteiger partial charge in [0.15, 0.2) is 11.5 Å². The molecule has 1 saturated heterocycles. The number of methoxy groups -OCH3 is 2. The van der Waals surface area contributed by atoms with Gasteiger partial charge in [-0.1, -0.05) is 41.6 Å². The van der Waals surface area contributed by atoms with E-state index < -0.39 is 0 Å². The molecule has 1 heterocycles. The zero-order valence-corrected chi connectivity index (χ0v) is 18.0. The van der Waals surface area contributed by atoms with Crippen molar-refractivity contribution in [2.45, 2.75) is 0 Å². The Hall–Kier alpha value is -2.55. The molecule has 2 amide bonds. The first-order valence-electron chi connectivity index (χ1n) is 8.44. The number of hydrogen-bond acceptors (Lipinski definition) is 6. The first-order chi connectivity index (χ1) is 13.9. The molecule has 150 valence electrons. The van der Waals surface area contributed by atoms with Crippen molar-refractivity contribution in [1.29, 1.82) is 0 Å². The Balaban J connectivity index is 1.71. The standard InChI is InChI=1S/C20H17ClN2O4S2/c1-26-15-8-3-12(9-16(15)27-2)10-17-19(25)23(20(28)29-17)11-18(24)22-14-6-4-13(21)5-7-14/h3-10H,11H2,1-2H3,(H,22,24). The number of carbonyl (C=O) groups is 2. The lowest BCUT2D eigenvalue weighted by molar-refractivity contribution is -0.126. The molecule has 1 fully saturated rings. The van der Waals surface area contributed by atoms with E-state index in [2.05, 4.69) is 5.32 Å². The molecule has 0 radical (unpaired) electrons. The summed E-state index contributed by atoms with van der Waals surface area (Å²) in [7, 11) is 3.10. The van der Waals surface area contributed by atoms with Crippen LogP contribution in [0.4, 0.5) is 5.69 Å². The summed E-state index contributed by atoms with van der Waals surface area (Å²) in [5.41, 5.74) is 1.35. The molecule has 6 nitrogen and oxygen atoms in total. The summed E-state index contributed by atoms with van der Waals surface area (Å²) < 4.78 is 10.8. The smallest absolute Gasteiger partial charge is 0.266 e. The number of thiocarbonyl (C=S) groups is 1. The molecule has 29 heavy (non-hydrogen) atoms. The molecule has 0 aromatic heterocycles. The van der Waals surface area contributed by atoms with Gasteiger partial charge in [0, 0.05) is 10.7 Å². The zero-order chi connectivity index (χ0) is 21.0. The van der Waals surface area contributed by atoms with Gasteiger partial charge in [0.25, 0.3) is 5.91 Å². The van der Waals surface area contributed by atoms with E-state index in [1.807, 2.05) is 0 Å². The molecule has 9 heteroatoms. The molecule has 0 spiro atoms. The van der Waals surface area contributed by atoms with Crippen molar-refractivity contribution in [2.24, 2.45) is 0 Å². The Morgan fingerprint density at radius 2 is 1.86 bits per heavy atom. The number of nitrogens with zero attached hydrogens (tertiary/aromatic N) is 1. The first kappa shape index (κ1) is 21.2. The highest BCUT2D eigenvalue weighted by Crippen LogP contribution is 2.34. The van der Waals surface area contributed by atoms with Crippen LogP contribution in [0.3, 0.4) is 0 Å². The molecular weight excluding hydrogens is 432 g/mol. The quantitative estimate of drug-likeness (QED) is 0.527. The van der Waals surface area contributed by atoms with Crippen LogP contribution in [0.5, 0.6) is 11.5 Å². The molecule has 2 aromatic carbocycles. The van der Waals surface area contributed by atoms with Crippen LogP contribution >= 0.6 is 35.6 Å². The highest BCUT2D eigenvalue weighted by molar-refractivity contribution is 8.26. The number of nitrogens with one attached hydrogen (secondary N) is 1. The number of rotatable bonds is 6. The van der Waals surface area contributed by atoms with Crippen LogP contribution in [0, 0.1) is 0 Å². The molecule has 1 aliphatic rings. The summed E-state index contributed by atoms with van der Waals surface area (Å²) in [5.74, 6) is 0.479. The average molecular weight is 449 g/mol. The summed E-state index contributed by atoms with van der Waals surface area (Å²) in [6.07, 6.45) is 1.71. The number of benzene rings is 2. The van der Waals surface area contributed by atoms with E-state index in [9.17, 15) is 9.59 Å². The normalized spacial score (nSPS) is 15.0. The van der Waals surface area contributed by atoms with Crippen molar-refractivity contribution in [3.05, 3.63) is 58.0 Å². The van der Waals surface area contributed by atoms with Gasteiger partial charge in [-0.15, -0.1) is 0 Å². The molecule has 3 rings (SSSR count). The van der Waals surface area contributed by atoms with Crippen LogP contribution in [0.1, 0.15) is 5.56 Å². The van der Waals surface area contributed by atoms with Gasteiger partial charge in [-0.25, -0.2) is 0 Å². The Labute approximate surface area is 182 Å². The van der Waals surface area contributed by atoms with Crippen molar-refractivity contribution in [3.63, 3.8) is 0 Å². The predicted molar refractivity (Wildman–Crippen MR) is 120 cm³/mol. The Kier molecular flexibility index (Phi) is 6.79. The van der Waals surface area contributed by atoms with Crippen molar-refractivity contribution in [2.75, 3.05) is 26.1 Å². The van der Waals surface area contributed by atoms with Crippen LogP contribution in [-0.2, 0) is 9.59 Å². The maximum Gasteiger partial charge on any atom is 0.266 e. The van der Waals surface area contributed by atoms with E-state index in [-0.39, 0.29) is 18.4 Å². The monoisotopic (exact) mass is 448 g/mol. The highest BCUT2D eigenvalue weighted by atomic mass is 35.5. The Morgan fingerprint density at radius 3 is 2.52 bits per heavy atom. The third-order valence-electron chi connectivity index (χ3n) is 4.01. The lowest BCUT2D eigenvalue weighted by Crippen LogP contribution is -2.36. The Morgan fingerprint density at radius 1 is 1.17 bits per heavy atom. The molecule has 0 bridgehead atoms. The molecule has 0 saturated carbocycles.